The van der Waals surface area contributed by atoms with Gasteiger partial charge in [0.05, 0.1) is 6.42 Å². The number of nitrogens with one attached hydrogen (secondary N) is 2. The van der Waals surface area contributed by atoms with Gasteiger partial charge in [-0.2, -0.15) is 0 Å². The molecule has 0 aliphatic heterocycles. The zero-order valence-electron chi connectivity index (χ0n) is 11.2. The molecule has 2 amide bonds. The molecule has 0 aliphatic carbocycles. The van der Waals surface area contributed by atoms with Crippen LogP contribution in [0.3, 0.4) is 0 Å². The van der Waals surface area contributed by atoms with Crippen molar-refractivity contribution >= 4 is 52.8 Å². The molecule has 0 aromatic heterocycles. The van der Waals surface area contributed by atoms with Crippen LogP contribution in [-0.2, 0) is 24.0 Å². The van der Waals surface area contributed by atoms with Gasteiger partial charge in [0, 0.05) is 13.3 Å². The molecule has 0 spiro atoms. The molecular formula is C11H18MgN2O8. The minimum atomic E-state index is -1.49. The fourth-order valence-corrected chi connectivity index (χ4v) is 1.43. The van der Waals surface area contributed by atoms with E-state index in [4.69, 9.17) is 15.3 Å². The van der Waals surface area contributed by atoms with Gasteiger partial charge in [-0.3, -0.25) is 19.2 Å². The van der Waals surface area contributed by atoms with Crippen LogP contribution in [0.15, 0.2) is 0 Å². The third-order valence-electron chi connectivity index (χ3n) is 2.33. The Hall–Kier alpha value is -1.88. The number of carboxylic acids is 3. The Morgan fingerprint density at radius 3 is 1.82 bits per heavy atom. The van der Waals surface area contributed by atoms with Crippen molar-refractivity contribution in [2.24, 2.45) is 0 Å². The fraction of sp³-hybridized carbons (Fsp3) is 0.545. The monoisotopic (exact) mass is 330 g/mol. The molecule has 0 radical (unpaired) electrons. The van der Waals surface area contributed by atoms with Crippen molar-refractivity contribution in [1.82, 2.24) is 10.6 Å². The molecular weight excluding hydrogens is 312 g/mol. The summed E-state index contributed by atoms with van der Waals surface area (Å²) in [6, 6.07) is -2.93. The first-order chi connectivity index (χ1) is 9.63. The lowest BCUT2D eigenvalue weighted by molar-refractivity contribution is -0.144. The van der Waals surface area contributed by atoms with Gasteiger partial charge in [-0.15, -0.1) is 0 Å². The Balaban J connectivity index is 0. The zero-order chi connectivity index (χ0) is 16.6. The summed E-state index contributed by atoms with van der Waals surface area (Å²) in [5, 5.41) is 30.1. The van der Waals surface area contributed by atoms with Gasteiger partial charge >= 0.3 is 41.0 Å². The molecule has 22 heavy (non-hydrogen) atoms. The summed E-state index contributed by atoms with van der Waals surface area (Å²) in [4.78, 5) is 54.6. The number of carboxylic acid groups (broad SMARTS) is 3. The normalized spacial score (nSPS) is 12.2. The molecule has 0 fully saturated rings. The lowest BCUT2D eigenvalue weighted by Gasteiger charge is -2.19. The molecule has 10 nitrogen and oxygen atoms in total. The van der Waals surface area contributed by atoms with Gasteiger partial charge in [-0.25, -0.2) is 4.79 Å². The van der Waals surface area contributed by atoms with E-state index in [1.54, 1.807) is 0 Å². The quantitative estimate of drug-likeness (QED) is 0.288. The molecule has 2 atom stereocenters. The molecule has 0 aromatic carbocycles. The Labute approximate surface area is 141 Å². The van der Waals surface area contributed by atoms with Gasteiger partial charge in [-0.1, -0.05) is 0 Å². The maximum atomic E-state index is 11.8. The zero-order valence-corrected chi connectivity index (χ0v) is 11.2. The van der Waals surface area contributed by atoms with Gasteiger partial charge < -0.3 is 26.0 Å². The standard InChI is InChI=1S/C11H16N2O8.Mg.2H/c1-5(14)12-7(4-9(17)18)10(19)13-6(11(20)21)2-3-8(15)16;;;/h6-7H,2-4H2,1H3,(H,12,14)(H,13,19)(H,15,16)(H,17,18)(H,20,21);;;. The molecule has 0 aliphatic rings. The van der Waals surface area contributed by atoms with Crippen LogP contribution in [0, 0.1) is 0 Å². The number of carbonyl (C=O) groups excluding carboxylic acids is 2. The Bertz CT molecular complexity index is 437. The summed E-state index contributed by atoms with van der Waals surface area (Å²) in [5.41, 5.74) is 0. The number of rotatable bonds is 9. The molecule has 122 valence electrons. The highest BCUT2D eigenvalue weighted by molar-refractivity contribution is 5.92. The summed E-state index contributed by atoms with van der Waals surface area (Å²) < 4.78 is 0. The van der Waals surface area contributed by atoms with E-state index in [1.165, 1.54) is 0 Å². The van der Waals surface area contributed by atoms with Gasteiger partial charge in [0.1, 0.15) is 12.1 Å². The van der Waals surface area contributed by atoms with Crippen molar-refractivity contribution in [2.45, 2.75) is 38.3 Å². The van der Waals surface area contributed by atoms with Crippen LogP contribution in [0.2, 0.25) is 0 Å². The fourth-order valence-electron chi connectivity index (χ4n) is 1.43. The van der Waals surface area contributed by atoms with Crippen molar-refractivity contribution in [3.63, 3.8) is 0 Å². The highest BCUT2D eigenvalue weighted by atomic mass is 24.3. The SMILES string of the molecule is CC(=O)NC(CC(=O)O)C(=O)NC(CCC(=O)O)C(=O)O.[MgH2]. The highest BCUT2D eigenvalue weighted by Gasteiger charge is 2.27. The number of carbonyl (C=O) groups is 5. The first-order valence-electron chi connectivity index (χ1n) is 5.87. The minimum Gasteiger partial charge on any atom is -0.481 e. The van der Waals surface area contributed by atoms with E-state index in [9.17, 15) is 24.0 Å². The molecule has 0 rings (SSSR count). The van der Waals surface area contributed by atoms with E-state index < -0.39 is 54.6 Å². The smallest absolute Gasteiger partial charge is 0.326 e. The van der Waals surface area contributed by atoms with Gasteiger partial charge in [0.25, 0.3) is 0 Å². The molecule has 0 saturated carbocycles. The maximum Gasteiger partial charge on any atom is 0.326 e. The number of aliphatic carboxylic acids is 3. The van der Waals surface area contributed by atoms with E-state index in [0.717, 1.165) is 6.92 Å². The van der Waals surface area contributed by atoms with Crippen LogP contribution < -0.4 is 10.6 Å². The predicted octanol–water partition coefficient (Wildman–Crippen LogP) is -2.52. The van der Waals surface area contributed by atoms with E-state index in [1.807, 2.05) is 5.32 Å². The molecule has 0 aromatic rings. The second-order valence-electron chi connectivity index (χ2n) is 4.18. The Morgan fingerprint density at radius 2 is 1.45 bits per heavy atom. The Morgan fingerprint density at radius 1 is 0.909 bits per heavy atom. The molecule has 5 N–H and O–H groups in total. The van der Waals surface area contributed by atoms with Crippen molar-refractivity contribution < 1.29 is 39.3 Å². The van der Waals surface area contributed by atoms with Crippen LogP contribution in [0.1, 0.15) is 26.2 Å². The highest BCUT2D eigenvalue weighted by Crippen LogP contribution is 2.01. The van der Waals surface area contributed by atoms with E-state index in [2.05, 4.69) is 5.32 Å². The summed E-state index contributed by atoms with van der Waals surface area (Å²) in [6.07, 6.45) is -1.58. The largest absolute Gasteiger partial charge is 0.481 e. The predicted molar refractivity (Wildman–Crippen MR) is 74.8 cm³/mol. The van der Waals surface area contributed by atoms with Crippen LogP contribution in [0.4, 0.5) is 0 Å². The maximum absolute atomic E-state index is 11.8. The first kappa shape index (κ1) is 22.4. The number of hydrogen-bond acceptors (Lipinski definition) is 5. The third-order valence-corrected chi connectivity index (χ3v) is 2.33. The topological polar surface area (TPSA) is 170 Å². The average Bonchev–Trinajstić information content (AvgIpc) is 2.31. The van der Waals surface area contributed by atoms with Crippen molar-refractivity contribution in [1.29, 1.82) is 0 Å². The second-order valence-corrected chi connectivity index (χ2v) is 4.18. The van der Waals surface area contributed by atoms with Crippen molar-refractivity contribution in [3.8, 4) is 0 Å². The van der Waals surface area contributed by atoms with Crippen molar-refractivity contribution in [2.75, 3.05) is 0 Å². The van der Waals surface area contributed by atoms with Crippen LogP contribution in [-0.4, -0.2) is 80.2 Å². The lowest BCUT2D eigenvalue weighted by Crippen LogP contribution is -2.52. The van der Waals surface area contributed by atoms with Gasteiger partial charge in [0.15, 0.2) is 0 Å². The molecule has 0 bridgehead atoms. The molecule has 0 saturated heterocycles. The average molecular weight is 331 g/mol. The molecule has 2 unspecified atom stereocenters. The number of amides is 2. The van der Waals surface area contributed by atoms with E-state index in [-0.39, 0.29) is 29.5 Å². The summed E-state index contributed by atoms with van der Waals surface area (Å²) in [7, 11) is 0. The summed E-state index contributed by atoms with van der Waals surface area (Å²) in [6.45, 7) is 1.07. The molecule has 0 heterocycles. The summed E-state index contributed by atoms with van der Waals surface area (Å²) >= 11 is 0. The van der Waals surface area contributed by atoms with Crippen LogP contribution in [0.25, 0.3) is 0 Å². The number of hydrogen-bond donors (Lipinski definition) is 5. The minimum absolute atomic E-state index is 0. The van der Waals surface area contributed by atoms with Gasteiger partial charge in [0.2, 0.25) is 11.8 Å². The second kappa shape index (κ2) is 10.8. The Kier molecular flexibility index (Phi) is 11.0. The van der Waals surface area contributed by atoms with E-state index >= 15 is 0 Å². The summed E-state index contributed by atoms with van der Waals surface area (Å²) in [5.74, 6) is -5.72. The van der Waals surface area contributed by atoms with Crippen LogP contribution in [0.5, 0.6) is 0 Å². The molecule has 11 heteroatoms. The van der Waals surface area contributed by atoms with E-state index in [0.29, 0.717) is 0 Å². The lowest BCUT2D eigenvalue weighted by atomic mass is 10.1. The first-order valence-corrected chi connectivity index (χ1v) is 5.87. The van der Waals surface area contributed by atoms with Crippen molar-refractivity contribution in [3.05, 3.63) is 0 Å². The van der Waals surface area contributed by atoms with Crippen LogP contribution >= 0.6 is 0 Å². The van der Waals surface area contributed by atoms with Gasteiger partial charge in [-0.05, 0) is 6.42 Å². The third kappa shape index (κ3) is 9.93.